The van der Waals surface area contributed by atoms with Crippen LogP contribution in [-0.4, -0.2) is 36.3 Å². The van der Waals surface area contributed by atoms with E-state index in [4.69, 9.17) is 0 Å². The first-order valence-corrected chi connectivity index (χ1v) is 8.32. The first kappa shape index (κ1) is 16.6. The summed E-state index contributed by atoms with van der Waals surface area (Å²) in [6.07, 6.45) is 3.99. The Kier molecular flexibility index (Phi) is 4.41. The molecule has 1 amide bonds. The molecule has 1 aromatic rings. The summed E-state index contributed by atoms with van der Waals surface area (Å²) >= 11 is 0. The normalized spacial score (nSPS) is 19.4. The molecule has 3 rings (SSSR count). The average Bonchev–Trinajstić information content (AvgIpc) is 2.52. The van der Waals surface area contributed by atoms with Crippen molar-refractivity contribution in [2.45, 2.75) is 33.1 Å². The number of H-pyrrole nitrogens is 1. The highest BCUT2D eigenvalue weighted by molar-refractivity contribution is 6.02. The van der Waals surface area contributed by atoms with E-state index in [1.165, 1.54) is 6.07 Å². The predicted molar refractivity (Wildman–Crippen MR) is 91.4 cm³/mol. The lowest BCUT2D eigenvalue weighted by atomic mass is 9.75. The molecule has 1 aliphatic carbocycles. The van der Waals surface area contributed by atoms with E-state index in [0.717, 1.165) is 25.1 Å². The number of aromatic amines is 1. The van der Waals surface area contributed by atoms with Crippen molar-refractivity contribution >= 4 is 11.7 Å². The molecule has 2 aliphatic rings. The molecule has 0 saturated carbocycles. The van der Waals surface area contributed by atoms with Gasteiger partial charge in [0.15, 0.2) is 5.78 Å². The molecule has 6 heteroatoms. The van der Waals surface area contributed by atoms with Gasteiger partial charge in [-0.25, -0.2) is 0 Å². The zero-order chi connectivity index (χ0) is 17.3. The molecule has 0 bridgehead atoms. The Bertz CT molecular complexity index is 774. The third kappa shape index (κ3) is 3.48. The van der Waals surface area contributed by atoms with E-state index < -0.39 is 11.5 Å². The fourth-order valence-corrected chi connectivity index (χ4v) is 3.32. The van der Waals surface area contributed by atoms with Crippen LogP contribution >= 0.6 is 0 Å². The molecule has 0 spiro atoms. The minimum absolute atomic E-state index is 0.0105. The number of fused-ring (bicyclic) bond motifs is 1. The number of amides is 1. The Balaban J connectivity index is 1.80. The van der Waals surface area contributed by atoms with Gasteiger partial charge in [0.05, 0.1) is 0 Å². The minimum Gasteiger partial charge on any atom is -0.348 e. The van der Waals surface area contributed by atoms with Crippen LogP contribution in [-0.2, 0) is 6.42 Å². The molecule has 0 fully saturated rings. The standard InChI is InChI=1S/C18H23N3O3/c1-18(2)8-14-12(15(22)9-18)7-13(17(24)21-14)16(23)20-10-11-3-5-19-6-4-11/h3,7,19H,4-6,8-10H2,1-2H3,(H,20,23)(H,21,24). The van der Waals surface area contributed by atoms with Crippen LogP contribution in [0.15, 0.2) is 22.5 Å². The lowest BCUT2D eigenvalue weighted by molar-refractivity contribution is 0.0910. The third-order valence-electron chi connectivity index (χ3n) is 4.60. The SMILES string of the molecule is CC1(C)CC(=O)c2cc(C(=O)NCC3=CCNCC3)c(=O)[nH]c2C1. The number of rotatable bonds is 3. The van der Waals surface area contributed by atoms with Crippen LogP contribution in [0, 0.1) is 5.41 Å². The molecule has 3 N–H and O–H groups in total. The van der Waals surface area contributed by atoms with E-state index in [0.29, 0.717) is 30.6 Å². The van der Waals surface area contributed by atoms with Crippen LogP contribution in [0.5, 0.6) is 0 Å². The second-order valence-corrected chi connectivity index (χ2v) is 7.34. The minimum atomic E-state index is -0.434. The predicted octanol–water partition coefficient (Wildman–Crippen LogP) is 1.18. The van der Waals surface area contributed by atoms with Crippen LogP contribution in [0.4, 0.5) is 0 Å². The maximum absolute atomic E-state index is 12.3. The van der Waals surface area contributed by atoms with Gasteiger partial charge in [-0.15, -0.1) is 0 Å². The summed E-state index contributed by atoms with van der Waals surface area (Å²) in [5.41, 5.74) is 1.67. The quantitative estimate of drug-likeness (QED) is 0.726. The number of pyridine rings is 1. The lowest BCUT2D eigenvalue weighted by Crippen LogP contribution is -2.36. The van der Waals surface area contributed by atoms with Crippen LogP contribution in [0.3, 0.4) is 0 Å². The van der Waals surface area contributed by atoms with Gasteiger partial charge < -0.3 is 15.6 Å². The molecule has 0 atom stereocenters. The maximum atomic E-state index is 12.3. The fraction of sp³-hybridized carbons (Fsp3) is 0.500. The second kappa shape index (κ2) is 6.36. The van der Waals surface area contributed by atoms with E-state index in [1.54, 1.807) is 0 Å². The monoisotopic (exact) mass is 329 g/mol. The number of carbonyl (C=O) groups excluding carboxylic acids is 2. The van der Waals surface area contributed by atoms with Gasteiger partial charge in [0.1, 0.15) is 5.56 Å². The van der Waals surface area contributed by atoms with Crippen LogP contribution in [0.25, 0.3) is 0 Å². The Morgan fingerprint density at radius 2 is 2.08 bits per heavy atom. The van der Waals surface area contributed by atoms with Gasteiger partial charge in [0, 0.05) is 30.8 Å². The van der Waals surface area contributed by atoms with E-state index in [1.807, 2.05) is 19.9 Å². The second-order valence-electron chi connectivity index (χ2n) is 7.34. The first-order chi connectivity index (χ1) is 11.4. The summed E-state index contributed by atoms with van der Waals surface area (Å²) in [6, 6.07) is 1.46. The smallest absolute Gasteiger partial charge is 0.261 e. The molecule has 2 heterocycles. The third-order valence-corrected chi connectivity index (χ3v) is 4.60. The number of hydrogen-bond acceptors (Lipinski definition) is 4. The highest BCUT2D eigenvalue weighted by Gasteiger charge is 2.32. The van der Waals surface area contributed by atoms with Crippen molar-refractivity contribution in [3.05, 3.63) is 44.9 Å². The number of carbonyl (C=O) groups is 2. The van der Waals surface area contributed by atoms with Gasteiger partial charge in [0.2, 0.25) is 0 Å². The molecule has 0 saturated heterocycles. The van der Waals surface area contributed by atoms with Crippen LogP contribution in [0.2, 0.25) is 0 Å². The summed E-state index contributed by atoms with van der Waals surface area (Å²) in [5, 5.41) is 5.99. The van der Waals surface area contributed by atoms with Crippen molar-refractivity contribution in [1.29, 1.82) is 0 Å². The zero-order valence-corrected chi connectivity index (χ0v) is 14.1. The van der Waals surface area contributed by atoms with Crippen molar-refractivity contribution in [2.75, 3.05) is 19.6 Å². The molecule has 24 heavy (non-hydrogen) atoms. The van der Waals surface area contributed by atoms with Crippen molar-refractivity contribution in [2.24, 2.45) is 5.41 Å². The van der Waals surface area contributed by atoms with Gasteiger partial charge in [-0.05, 0) is 30.9 Å². The molecule has 1 aliphatic heterocycles. The molecule has 6 nitrogen and oxygen atoms in total. The highest BCUT2D eigenvalue weighted by Crippen LogP contribution is 2.33. The maximum Gasteiger partial charge on any atom is 0.261 e. The van der Waals surface area contributed by atoms with E-state index >= 15 is 0 Å². The molecular weight excluding hydrogens is 306 g/mol. The fourth-order valence-electron chi connectivity index (χ4n) is 3.32. The van der Waals surface area contributed by atoms with E-state index in [-0.39, 0.29) is 16.8 Å². The molecule has 0 aromatic carbocycles. The summed E-state index contributed by atoms with van der Waals surface area (Å²) in [4.78, 5) is 39.7. The Morgan fingerprint density at radius 1 is 1.29 bits per heavy atom. The number of nitrogens with one attached hydrogen (secondary N) is 3. The highest BCUT2D eigenvalue weighted by atomic mass is 16.2. The van der Waals surface area contributed by atoms with Crippen LogP contribution in [0.1, 0.15) is 53.1 Å². The molecule has 0 unspecified atom stereocenters. The largest absolute Gasteiger partial charge is 0.348 e. The molecule has 128 valence electrons. The molecule has 1 aromatic heterocycles. The Labute approximate surface area is 140 Å². The van der Waals surface area contributed by atoms with E-state index in [2.05, 4.69) is 15.6 Å². The zero-order valence-electron chi connectivity index (χ0n) is 14.1. The Hall–Kier alpha value is -2.21. The van der Waals surface area contributed by atoms with Crippen molar-refractivity contribution < 1.29 is 9.59 Å². The van der Waals surface area contributed by atoms with Gasteiger partial charge >= 0.3 is 0 Å². The lowest BCUT2D eigenvalue weighted by Gasteiger charge is -2.29. The molecular formula is C18H23N3O3. The first-order valence-electron chi connectivity index (χ1n) is 8.32. The number of ketones is 1. The van der Waals surface area contributed by atoms with Gasteiger partial charge in [-0.3, -0.25) is 14.4 Å². The number of hydrogen-bond donors (Lipinski definition) is 3. The summed E-state index contributed by atoms with van der Waals surface area (Å²) < 4.78 is 0. The van der Waals surface area contributed by atoms with Gasteiger partial charge in [-0.2, -0.15) is 0 Å². The van der Waals surface area contributed by atoms with Crippen molar-refractivity contribution in [3.8, 4) is 0 Å². The van der Waals surface area contributed by atoms with Gasteiger partial charge in [0.25, 0.3) is 11.5 Å². The number of Topliss-reactive ketones (excluding diaryl/α,β-unsaturated/α-hetero) is 1. The Morgan fingerprint density at radius 3 is 2.79 bits per heavy atom. The number of aromatic nitrogens is 1. The van der Waals surface area contributed by atoms with Gasteiger partial charge in [-0.1, -0.05) is 25.5 Å². The van der Waals surface area contributed by atoms with Crippen molar-refractivity contribution in [1.82, 2.24) is 15.6 Å². The van der Waals surface area contributed by atoms with Crippen molar-refractivity contribution in [3.63, 3.8) is 0 Å². The van der Waals surface area contributed by atoms with Crippen LogP contribution < -0.4 is 16.2 Å². The molecule has 0 radical (unpaired) electrons. The van der Waals surface area contributed by atoms with E-state index in [9.17, 15) is 14.4 Å². The topological polar surface area (TPSA) is 91.1 Å². The summed E-state index contributed by atoms with van der Waals surface area (Å²) in [6.45, 7) is 6.12. The average molecular weight is 329 g/mol. The summed E-state index contributed by atoms with van der Waals surface area (Å²) in [7, 11) is 0. The summed E-state index contributed by atoms with van der Waals surface area (Å²) in [5.74, 6) is -0.455.